The van der Waals surface area contributed by atoms with Crippen molar-refractivity contribution in [2.75, 3.05) is 26.1 Å². The normalized spacial score (nSPS) is 11.8. The number of methoxy groups -OCH3 is 2. The largest absolute Gasteiger partial charge is 0.493 e. The van der Waals surface area contributed by atoms with Gasteiger partial charge in [-0.25, -0.2) is 4.98 Å². The van der Waals surface area contributed by atoms with Gasteiger partial charge >= 0.3 is 0 Å². The molecule has 0 radical (unpaired) electrons. The first-order valence-corrected chi connectivity index (χ1v) is 8.05. The van der Waals surface area contributed by atoms with Gasteiger partial charge in [-0.15, -0.1) is 0 Å². The maximum atomic E-state index is 9.29. The van der Waals surface area contributed by atoms with Gasteiger partial charge in [0.05, 0.1) is 31.5 Å². The first kappa shape index (κ1) is 17.7. The quantitative estimate of drug-likeness (QED) is 0.666. The van der Waals surface area contributed by atoms with Crippen LogP contribution < -0.4 is 14.8 Å². The van der Waals surface area contributed by atoms with Gasteiger partial charge in [-0.3, -0.25) is 0 Å². The Hall–Kier alpha value is -3.13. The molecule has 136 valence electrons. The number of pyridine rings is 1. The fraction of sp³-hybridized carbons (Fsp3) is 0.278. The number of para-hydroxylation sites is 1. The van der Waals surface area contributed by atoms with Crippen molar-refractivity contribution >= 4 is 5.82 Å². The van der Waals surface area contributed by atoms with E-state index in [4.69, 9.17) is 14.0 Å². The highest BCUT2D eigenvalue weighted by Crippen LogP contribution is 2.37. The van der Waals surface area contributed by atoms with Crippen LogP contribution in [-0.2, 0) is 0 Å². The van der Waals surface area contributed by atoms with Crippen molar-refractivity contribution in [3.8, 4) is 34.3 Å². The van der Waals surface area contributed by atoms with Crippen LogP contribution in [0.5, 0.6) is 11.5 Å². The Balaban J connectivity index is 1.84. The molecule has 2 N–H and O–H groups in total. The molecule has 8 heteroatoms. The minimum Gasteiger partial charge on any atom is -0.493 e. The molecular formula is C18H20N4O4. The lowest BCUT2D eigenvalue weighted by Crippen LogP contribution is -2.15. The molecule has 0 aliphatic heterocycles. The van der Waals surface area contributed by atoms with E-state index in [-0.39, 0.29) is 0 Å². The van der Waals surface area contributed by atoms with Gasteiger partial charge in [-0.05, 0) is 31.2 Å². The van der Waals surface area contributed by atoms with E-state index in [1.165, 1.54) is 0 Å². The van der Waals surface area contributed by atoms with Crippen molar-refractivity contribution in [3.05, 3.63) is 36.5 Å². The zero-order valence-corrected chi connectivity index (χ0v) is 14.8. The number of hydrogen-bond acceptors (Lipinski definition) is 8. The molecule has 3 rings (SSSR count). The van der Waals surface area contributed by atoms with Gasteiger partial charge in [0, 0.05) is 12.7 Å². The summed E-state index contributed by atoms with van der Waals surface area (Å²) in [5.41, 5.74) is 1.36. The van der Waals surface area contributed by atoms with Crippen LogP contribution in [0, 0.1) is 0 Å². The molecule has 26 heavy (non-hydrogen) atoms. The third kappa shape index (κ3) is 3.75. The summed E-state index contributed by atoms with van der Waals surface area (Å²) in [5, 5.41) is 16.3. The van der Waals surface area contributed by atoms with Gasteiger partial charge in [0.1, 0.15) is 5.82 Å². The van der Waals surface area contributed by atoms with Gasteiger partial charge < -0.3 is 24.4 Å². The monoisotopic (exact) mass is 356 g/mol. The van der Waals surface area contributed by atoms with Crippen LogP contribution in [0.15, 0.2) is 41.1 Å². The number of aliphatic hydroxyl groups excluding tert-OH is 1. The molecule has 1 aromatic carbocycles. The summed E-state index contributed by atoms with van der Waals surface area (Å²) >= 11 is 0. The average Bonchev–Trinajstić information content (AvgIpc) is 3.16. The van der Waals surface area contributed by atoms with Crippen LogP contribution in [-0.4, -0.2) is 47.1 Å². The molecular weight excluding hydrogens is 336 g/mol. The van der Waals surface area contributed by atoms with Crippen LogP contribution in [0.1, 0.15) is 6.92 Å². The summed E-state index contributed by atoms with van der Waals surface area (Å²) in [6.07, 6.45) is 1.18. The number of anilines is 1. The molecule has 2 aromatic heterocycles. The third-order valence-electron chi connectivity index (χ3n) is 3.66. The van der Waals surface area contributed by atoms with E-state index >= 15 is 0 Å². The molecule has 8 nitrogen and oxygen atoms in total. The summed E-state index contributed by atoms with van der Waals surface area (Å²) in [7, 11) is 3.13. The second kappa shape index (κ2) is 7.83. The Bertz CT molecular complexity index is 862. The van der Waals surface area contributed by atoms with E-state index in [1.807, 2.05) is 18.2 Å². The fourth-order valence-electron chi connectivity index (χ4n) is 2.39. The predicted molar refractivity (Wildman–Crippen MR) is 96.2 cm³/mol. The van der Waals surface area contributed by atoms with E-state index in [9.17, 15) is 5.11 Å². The average molecular weight is 356 g/mol. The Morgan fingerprint density at radius 3 is 2.69 bits per heavy atom. The van der Waals surface area contributed by atoms with E-state index < -0.39 is 6.10 Å². The van der Waals surface area contributed by atoms with Crippen molar-refractivity contribution in [1.29, 1.82) is 0 Å². The van der Waals surface area contributed by atoms with Gasteiger partial charge in [0.15, 0.2) is 11.5 Å². The number of rotatable bonds is 7. The number of nitrogens with zero attached hydrogens (tertiary/aromatic N) is 3. The van der Waals surface area contributed by atoms with E-state index in [0.29, 0.717) is 46.7 Å². The van der Waals surface area contributed by atoms with Crippen molar-refractivity contribution in [1.82, 2.24) is 15.1 Å². The molecule has 0 fully saturated rings. The summed E-state index contributed by atoms with van der Waals surface area (Å²) in [4.78, 5) is 8.70. The molecule has 2 heterocycles. The molecule has 3 aromatic rings. The summed E-state index contributed by atoms with van der Waals surface area (Å²) in [6, 6.07) is 9.06. The van der Waals surface area contributed by atoms with Crippen molar-refractivity contribution < 1.29 is 19.1 Å². The lowest BCUT2D eigenvalue weighted by atomic mass is 10.1. The highest BCUT2D eigenvalue weighted by atomic mass is 16.5. The Labute approximate surface area is 150 Å². The Morgan fingerprint density at radius 2 is 2.04 bits per heavy atom. The standard InChI is InChI=1S/C18H20N4O4/c1-11(23)9-19-15-8-7-12(10-20-15)18-21-17(22-26-18)13-5-4-6-14(24-2)16(13)25-3/h4-8,10-11,23H,9H2,1-3H3,(H,19,20). The number of aliphatic hydroxyl groups is 1. The first-order valence-electron chi connectivity index (χ1n) is 8.05. The molecule has 0 amide bonds. The van der Waals surface area contributed by atoms with Crippen molar-refractivity contribution in [2.45, 2.75) is 13.0 Å². The fourth-order valence-corrected chi connectivity index (χ4v) is 2.39. The van der Waals surface area contributed by atoms with E-state index in [2.05, 4.69) is 20.4 Å². The van der Waals surface area contributed by atoms with Gasteiger partial charge in [-0.1, -0.05) is 11.2 Å². The minimum absolute atomic E-state index is 0.347. The zero-order chi connectivity index (χ0) is 18.5. The molecule has 1 unspecified atom stereocenters. The molecule has 0 bridgehead atoms. The van der Waals surface area contributed by atoms with Crippen LogP contribution in [0.4, 0.5) is 5.82 Å². The van der Waals surface area contributed by atoms with E-state index in [1.54, 1.807) is 39.5 Å². The molecule has 0 saturated heterocycles. The SMILES string of the molecule is COc1cccc(-c2noc(-c3ccc(NCC(C)O)nc3)n2)c1OC. The highest BCUT2D eigenvalue weighted by molar-refractivity contribution is 5.69. The topological polar surface area (TPSA) is 103 Å². The van der Waals surface area contributed by atoms with Crippen LogP contribution in [0.25, 0.3) is 22.8 Å². The lowest BCUT2D eigenvalue weighted by Gasteiger charge is -2.09. The smallest absolute Gasteiger partial charge is 0.259 e. The highest BCUT2D eigenvalue weighted by Gasteiger charge is 2.17. The van der Waals surface area contributed by atoms with Crippen molar-refractivity contribution in [3.63, 3.8) is 0 Å². The molecule has 0 aliphatic rings. The zero-order valence-electron chi connectivity index (χ0n) is 14.8. The lowest BCUT2D eigenvalue weighted by molar-refractivity contribution is 0.208. The van der Waals surface area contributed by atoms with Crippen LogP contribution in [0.3, 0.4) is 0 Å². The number of hydrogen-bond donors (Lipinski definition) is 2. The summed E-state index contributed by atoms with van der Waals surface area (Å²) in [6.45, 7) is 2.13. The molecule has 0 aliphatic carbocycles. The van der Waals surface area contributed by atoms with Crippen molar-refractivity contribution in [2.24, 2.45) is 0 Å². The van der Waals surface area contributed by atoms with Gasteiger partial charge in [-0.2, -0.15) is 4.98 Å². The molecule has 0 saturated carbocycles. The molecule has 1 atom stereocenters. The number of nitrogens with one attached hydrogen (secondary N) is 1. The number of aromatic nitrogens is 3. The maximum absolute atomic E-state index is 9.29. The third-order valence-corrected chi connectivity index (χ3v) is 3.66. The first-order chi connectivity index (χ1) is 12.6. The van der Waals surface area contributed by atoms with Gasteiger partial charge in [0.25, 0.3) is 5.89 Å². The Morgan fingerprint density at radius 1 is 1.19 bits per heavy atom. The second-order valence-electron chi connectivity index (χ2n) is 5.63. The minimum atomic E-state index is -0.451. The van der Waals surface area contributed by atoms with Gasteiger partial charge in [0.2, 0.25) is 5.82 Å². The van der Waals surface area contributed by atoms with Crippen LogP contribution >= 0.6 is 0 Å². The second-order valence-corrected chi connectivity index (χ2v) is 5.63. The van der Waals surface area contributed by atoms with E-state index in [0.717, 1.165) is 0 Å². The summed E-state index contributed by atoms with van der Waals surface area (Å²) in [5.74, 6) is 2.53. The predicted octanol–water partition coefficient (Wildman–Crippen LogP) is 2.61. The molecule has 0 spiro atoms. The number of benzene rings is 1. The maximum Gasteiger partial charge on any atom is 0.259 e. The summed E-state index contributed by atoms with van der Waals surface area (Å²) < 4.78 is 16.1. The number of ether oxygens (including phenoxy) is 2. The van der Waals surface area contributed by atoms with Crippen LogP contribution in [0.2, 0.25) is 0 Å². The Kier molecular flexibility index (Phi) is 5.33.